The molecule has 24 heavy (non-hydrogen) atoms. The van der Waals surface area contributed by atoms with E-state index in [-0.39, 0.29) is 24.0 Å². The van der Waals surface area contributed by atoms with Crippen molar-refractivity contribution in [2.45, 2.75) is 38.0 Å². The maximum atomic E-state index is 12.4. The Hall–Kier alpha value is -1.69. The number of β-amino-alcohol motifs (C(OH)–C–C–N with tert-alkyl or cyclic N) is 1. The summed E-state index contributed by atoms with van der Waals surface area (Å²) in [5.41, 5.74) is 2.29. The number of rotatable bonds is 6. The summed E-state index contributed by atoms with van der Waals surface area (Å²) in [6.07, 6.45) is 0.393. The largest absolute Gasteiger partial charge is 0.392 e. The van der Waals surface area contributed by atoms with Gasteiger partial charge in [-0.15, -0.1) is 0 Å². The summed E-state index contributed by atoms with van der Waals surface area (Å²) >= 11 is 1.61. The molecule has 2 heterocycles. The Labute approximate surface area is 147 Å². The second-order valence-corrected chi connectivity index (χ2v) is 7.26. The van der Waals surface area contributed by atoms with Crippen molar-refractivity contribution >= 4 is 17.2 Å². The van der Waals surface area contributed by atoms with Crippen LogP contribution in [0, 0.1) is 0 Å². The molecule has 1 aromatic heterocycles. The quantitative estimate of drug-likeness (QED) is 0.847. The van der Waals surface area contributed by atoms with Crippen molar-refractivity contribution in [2.24, 2.45) is 0 Å². The molecule has 1 amide bonds. The number of carbonyl (C=O) groups excluding carboxylic acids is 1. The van der Waals surface area contributed by atoms with Gasteiger partial charge in [-0.05, 0) is 41.3 Å². The summed E-state index contributed by atoms with van der Waals surface area (Å²) < 4.78 is 0. The summed E-state index contributed by atoms with van der Waals surface area (Å²) in [6.45, 7) is 3.98. The molecule has 4 nitrogen and oxygen atoms in total. The number of aliphatic hydroxyl groups excluding tert-OH is 1. The fraction of sp³-hybridized carbons (Fsp3) is 0.421. The number of benzene rings is 1. The Morgan fingerprint density at radius 3 is 2.88 bits per heavy atom. The molecule has 0 aliphatic carbocycles. The van der Waals surface area contributed by atoms with Crippen molar-refractivity contribution in [3.8, 4) is 0 Å². The van der Waals surface area contributed by atoms with Gasteiger partial charge >= 0.3 is 0 Å². The van der Waals surface area contributed by atoms with Crippen molar-refractivity contribution in [1.29, 1.82) is 0 Å². The predicted molar refractivity (Wildman–Crippen MR) is 97.0 cm³/mol. The molecule has 1 aliphatic rings. The van der Waals surface area contributed by atoms with E-state index in [4.69, 9.17) is 0 Å². The number of nitrogens with one attached hydrogen (secondary N) is 1. The number of amides is 1. The highest BCUT2D eigenvalue weighted by Gasteiger charge is 2.31. The second-order valence-electron chi connectivity index (χ2n) is 6.48. The first kappa shape index (κ1) is 17.1. The van der Waals surface area contributed by atoms with E-state index in [0.29, 0.717) is 19.5 Å². The van der Waals surface area contributed by atoms with Crippen molar-refractivity contribution in [3.63, 3.8) is 0 Å². The van der Waals surface area contributed by atoms with E-state index in [1.807, 2.05) is 41.9 Å². The molecule has 3 rings (SSSR count). The van der Waals surface area contributed by atoms with E-state index in [1.165, 1.54) is 5.56 Å². The van der Waals surface area contributed by atoms with Crippen LogP contribution in [0.1, 0.15) is 30.4 Å². The van der Waals surface area contributed by atoms with E-state index < -0.39 is 0 Å². The van der Waals surface area contributed by atoms with E-state index in [2.05, 4.69) is 22.3 Å². The summed E-state index contributed by atoms with van der Waals surface area (Å²) in [7, 11) is 0. The molecule has 1 aromatic carbocycles. The van der Waals surface area contributed by atoms with Gasteiger partial charge in [-0.2, -0.15) is 11.3 Å². The van der Waals surface area contributed by atoms with Crippen LogP contribution >= 0.6 is 11.3 Å². The zero-order chi connectivity index (χ0) is 16.9. The molecule has 128 valence electrons. The topological polar surface area (TPSA) is 52.6 Å². The standard InChI is InChI=1S/C19H24N2O2S/c1-14(16-7-8-24-13-16)19(23)20-10-17-9-18(22)12-21(17)11-15-5-3-2-4-6-15/h2-8,13-14,17-18,22H,9-12H2,1H3,(H,20,23). The zero-order valence-corrected chi connectivity index (χ0v) is 14.7. The molecule has 0 radical (unpaired) electrons. The molecule has 1 fully saturated rings. The second kappa shape index (κ2) is 7.92. The number of hydrogen-bond donors (Lipinski definition) is 2. The van der Waals surface area contributed by atoms with Crippen molar-refractivity contribution in [1.82, 2.24) is 10.2 Å². The average Bonchev–Trinajstić information content (AvgIpc) is 3.23. The van der Waals surface area contributed by atoms with Crippen LogP contribution in [0.3, 0.4) is 0 Å². The van der Waals surface area contributed by atoms with Crippen molar-refractivity contribution < 1.29 is 9.90 Å². The predicted octanol–water partition coefficient (Wildman–Crippen LogP) is 2.60. The average molecular weight is 344 g/mol. The fourth-order valence-corrected chi connectivity index (χ4v) is 3.98. The number of thiophene rings is 1. The maximum absolute atomic E-state index is 12.4. The highest BCUT2D eigenvalue weighted by Crippen LogP contribution is 2.21. The molecule has 1 saturated heterocycles. The van der Waals surface area contributed by atoms with Gasteiger partial charge in [0.1, 0.15) is 0 Å². The third-order valence-corrected chi connectivity index (χ3v) is 5.38. The Bertz CT molecular complexity index is 645. The Balaban J connectivity index is 1.55. The molecular formula is C19H24N2O2S. The number of hydrogen-bond acceptors (Lipinski definition) is 4. The van der Waals surface area contributed by atoms with Crippen LogP contribution in [-0.2, 0) is 11.3 Å². The lowest BCUT2D eigenvalue weighted by molar-refractivity contribution is -0.122. The lowest BCUT2D eigenvalue weighted by Crippen LogP contribution is -2.41. The van der Waals surface area contributed by atoms with Gasteiger partial charge in [0.25, 0.3) is 0 Å². The molecule has 2 aromatic rings. The van der Waals surface area contributed by atoms with Crippen LogP contribution in [0.2, 0.25) is 0 Å². The molecule has 0 saturated carbocycles. The first-order valence-corrected chi connectivity index (χ1v) is 9.33. The van der Waals surface area contributed by atoms with Gasteiger partial charge in [-0.1, -0.05) is 30.3 Å². The third-order valence-electron chi connectivity index (χ3n) is 4.68. The number of carbonyl (C=O) groups is 1. The van der Waals surface area contributed by atoms with Crippen LogP contribution in [0.5, 0.6) is 0 Å². The summed E-state index contributed by atoms with van der Waals surface area (Å²) in [4.78, 5) is 14.6. The highest BCUT2D eigenvalue weighted by molar-refractivity contribution is 7.08. The fourth-order valence-electron chi connectivity index (χ4n) is 3.23. The first-order valence-electron chi connectivity index (χ1n) is 8.39. The first-order chi connectivity index (χ1) is 11.6. The Morgan fingerprint density at radius 2 is 2.17 bits per heavy atom. The van der Waals surface area contributed by atoms with Crippen LogP contribution < -0.4 is 5.32 Å². The molecule has 3 atom stereocenters. The van der Waals surface area contributed by atoms with Crippen LogP contribution in [0.25, 0.3) is 0 Å². The lowest BCUT2D eigenvalue weighted by atomic mass is 10.0. The molecule has 0 spiro atoms. The van der Waals surface area contributed by atoms with E-state index in [1.54, 1.807) is 11.3 Å². The monoisotopic (exact) mass is 344 g/mol. The Morgan fingerprint density at radius 1 is 1.38 bits per heavy atom. The van der Waals surface area contributed by atoms with Crippen molar-refractivity contribution in [2.75, 3.05) is 13.1 Å². The van der Waals surface area contributed by atoms with Gasteiger partial charge in [-0.25, -0.2) is 0 Å². The lowest BCUT2D eigenvalue weighted by Gasteiger charge is -2.25. The normalized spacial score (nSPS) is 22.4. The van der Waals surface area contributed by atoms with Crippen LogP contribution in [-0.4, -0.2) is 41.1 Å². The highest BCUT2D eigenvalue weighted by atomic mass is 32.1. The minimum Gasteiger partial charge on any atom is -0.392 e. The summed E-state index contributed by atoms with van der Waals surface area (Å²) in [6, 6.07) is 12.4. The molecular weight excluding hydrogens is 320 g/mol. The molecule has 2 N–H and O–H groups in total. The molecule has 1 aliphatic heterocycles. The van der Waals surface area contributed by atoms with Gasteiger partial charge in [0.05, 0.1) is 12.0 Å². The van der Waals surface area contributed by atoms with Gasteiger partial charge in [0.2, 0.25) is 5.91 Å². The number of aliphatic hydroxyl groups is 1. The smallest absolute Gasteiger partial charge is 0.227 e. The van der Waals surface area contributed by atoms with Crippen molar-refractivity contribution in [3.05, 3.63) is 58.3 Å². The van der Waals surface area contributed by atoms with Gasteiger partial charge < -0.3 is 10.4 Å². The van der Waals surface area contributed by atoms with Gasteiger partial charge in [0, 0.05) is 25.7 Å². The minimum atomic E-state index is -0.315. The number of nitrogens with zero attached hydrogens (tertiary/aromatic N) is 1. The Kier molecular flexibility index (Phi) is 5.66. The van der Waals surface area contributed by atoms with Crippen LogP contribution in [0.15, 0.2) is 47.2 Å². The van der Waals surface area contributed by atoms with E-state index >= 15 is 0 Å². The van der Waals surface area contributed by atoms with E-state index in [0.717, 1.165) is 12.1 Å². The maximum Gasteiger partial charge on any atom is 0.227 e. The SMILES string of the molecule is CC(C(=O)NCC1CC(O)CN1Cc1ccccc1)c1ccsc1. The zero-order valence-electron chi connectivity index (χ0n) is 13.9. The summed E-state index contributed by atoms with van der Waals surface area (Å²) in [5, 5.41) is 17.1. The van der Waals surface area contributed by atoms with Gasteiger partial charge in [-0.3, -0.25) is 9.69 Å². The minimum absolute atomic E-state index is 0.0504. The molecule has 0 bridgehead atoms. The summed E-state index contributed by atoms with van der Waals surface area (Å²) in [5.74, 6) is -0.0837. The van der Waals surface area contributed by atoms with Crippen LogP contribution in [0.4, 0.5) is 0 Å². The molecule has 5 heteroatoms. The van der Waals surface area contributed by atoms with Gasteiger partial charge in [0.15, 0.2) is 0 Å². The van der Waals surface area contributed by atoms with E-state index in [9.17, 15) is 9.90 Å². The third kappa shape index (κ3) is 4.23. The number of likely N-dealkylation sites (tertiary alicyclic amines) is 1. The molecule has 3 unspecified atom stereocenters.